The van der Waals surface area contributed by atoms with Crippen LogP contribution in [0.1, 0.15) is 33.3 Å². The minimum atomic E-state index is -1.12. The molecule has 0 fully saturated rings. The van der Waals surface area contributed by atoms with Gasteiger partial charge in [-0.05, 0) is 25.3 Å². The summed E-state index contributed by atoms with van der Waals surface area (Å²) >= 11 is 0. The average Bonchev–Trinajstić information content (AvgIpc) is 2.47. The number of non-ortho nitro benzene ring substituents is 1. The van der Waals surface area contributed by atoms with Crippen LogP contribution in [-0.2, 0) is 20.7 Å². The molecule has 0 saturated heterocycles. The Bertz CT molecular complexity index is 583. The van der Waals surface area contributed by atoms with Crippen LogP contribution in [0.25, 0.3) is 0 Å². The number of nitro groups is 1. The fourth-order valence-corrected chi connectivity index (χ4v) is 1.97. The van der Waals surface area contributed by atoms with E-state index in [0.29, 0.717) is 5.56 Å². The average molecular weight is 322 g/mol. The third-order valence-corrected chi connectivity index (χ3v) is 3.77. The van der Waals surface area contributed by atoms with Gasteiger partial charge < -0.3 is 10.1 Å². The molecule has 1 N–H and O–H groups in total. The highest BCUT2D eigenvalue weighted by atomic mass is 16.6. The summed E-state index contributed by atoms with van der Waals surface area (Å²) in [6, 6.07) is 5.73. The van der Waals surface area contributed by atoms with Crippen LogP contribution in [0.3, 0.4) is 0 Å². The molecule has 1 aromatic carbocycles. The number of carbonyl (C=O) groups is 2. The predicted octanol–water partition coefficient (Wildman–Crippen LogP) is 2.23. The lowest BCUT2D eigenvalue weighted by molar-refractivity contribution is -0.384. The first-order chi connectivity index (χ1) is 10.7. The second-order valence-corrected chi connectivity index (χ2v) is 5.73. The molecular weight excluding hydrogens is 300 g/mol. The normalized spacial score (nSPS) is 13.3. The Balaban J connectivity index is 2.80. The standard InChI is InChI=1S/C16H22N2O5/c1-5-23-15(20)16(4,11(2)3)17-14(19)10-12-6-8-13(9-7-12)18(21)22/h6-9,11H,5,10H2,1-4H3,(H,17,19). The maximum atomic E-state index is 12.2. The third-order valence-electron chi connectivity index (χ3n) is 3.77. The molecule has 126 valence electrons. The Hall–Kier alpha value is -2.44. The van der Waals surface area contributed by atoms with Crippen molar-refractivity contribution in [3.05, 3.63) is 39.9 Å². The Morgan fingerprint density at radius 2 is 1.87 bits per heavy atom. The number of rotatable bonds is 7. The Morgan fingerprint density at radius 1 is 1.30 bits per heavy atom. The molecule has 1 atom stereocenters. The summed E-state index contributed by atoms with van der Waals surface area (Å²) in [5.41, 5.74) is -0.524. The summed E-state index contributed by atoms with van der Waals surface area (Å²) < 4.78 is 5.03. The molecular formula is C16H22N2O5. The number of carbonyl (C=O) groups excluding carboxylic acids is 2. The van der Waals surface area contributed by atoms with Crippen LogP contribution in [-0.4, -0.2) is 28.9 Å². The van der Waals surface area contributed by atoms with Crippen LogP contribution in [0, 0.1) is 16.0 Å². The van der Waals surface area contributed by atoms with Gasteiger partial charge in [-0.3, -0.25) is 14.9 Å². The van der Waals surface area contributed by atoms with Crippen LogP contribution in [0.15, 0.2) is 24.3 Å². The van der Waals surface area contributed by atoms with Crippen LogP contribution in [0.2, 0.25) is 0 Å². The smallest absolute Gasteiger partial charge is 0.331 e. The summed E-state index contributed by atoms with van der Waals surface area (Å²) in [5, 5.41) is 13.3. The lowest BCUT2D eigenvalue weighted by Crippen LogP contribution is -2.57. The van der Waals surface area contributed by atoms with E-state index in [1.54, 1.807) is 13.8 Å². The minimum Gasteiger partial charge on any atom is -0.464 e. The molecule has 7 nitrogen and oxygen atoms in total. The van der Waals surface area contributed by atoms with Gasteiger partial charge in [-0.2, -0.15) is 0 Å². The van der Waals surface area contributed by atoms with Crippen molar-refractivity contribution in [2.75, 3.05) is 6.61 Å². The van der Waals surface area contributed by atoms with E-state index in [1.165, 1.54) is 24.3 Å². The van der Waals surface area contributed by atoms with E-state index in [0.717, 1.165) is 0 Å². The van der Waals surface area contributed by atoms with Gasteiger partial charge in [-0.25, -0.2) is 4.79 Å². The number of hydrogen-bond donors (Lipinski definition) is 1. The van der Waals surface area contributed by atoms with E-state index < -0.39 is 16.4 Å². The molecule has 0 saturated carbocycles. The topological polar surface area (TPSA) is 98.5 Å². The predicted molar refractivity (Wildman–Crippen MR) is 84.8 cm³/mol. The zero-order valence-electron chi connectivity index (χ0n) is 13.8. The van der Waals surface area contributed by atoms with E-state index in [9.17, 15) is 19.7 Å². The van der Waals surface area contributed by atoms with Crippen LogP contribution in [0.4, 0.5) is 5.69 Å². The summed E-state index contributed by atoms with van der Waals surface area (Å²) in [5.74, 6) is -0.975. The second-order valence-electron chi connectivity index (χ2n) is 5.73. The molecule has 0 spiro atoms. The van der Waals surface area contributed by atoms with E-state index in [4.69, 9.17) is 4.74 Å². The molecule has 23 heavy (non-hydrogen) atoms. The summed E-state index contributed by atoms with van der Waals surface area (Å²) in [4.78, 5) is 34.4. The molecule has 7 heteroatoms. The fraction of sp³-hybridized carbons (Fsp3) is 0.500. The first kappa shape index (κ1) is 18.6. The zero-order chi connectivity index (χ0) is 17.6. The number of nitrogens with zero attached hydrogens (tertiary/aromatic N) is 1. The summed E-state index contributed by atoms with van der Waals surface area (Å²) in [6.45, 7) is 7.21. The third kappa shape index (κ3) is 4.77. The molecule has 0 aromatic heterocycles. The molecule has 1 aromatic rings. The van der Waals surface area contributed by atoms with Gasteiger partial charge in [0.05, 0.1) is 18.0 Å². The number of esters is 1. The monoisotopic (exact) mass is 322 g/mol. The van der Waals surface area contributed by atoms with Crippen LogP contribution < -0.4 is 5.32 Å². The van der Waals surface area contributed by atoms with Crippen molar-refractivity contribution in [3.63, 3.8) is 0 Å². The zero-order valence-corrected chi connectivity index (χ0v) is 13.8. The SMILES string of the molecule is CCOC(=O)C(C)(NC(=O)Cc1ccc([N+](=O)[O-])cc1)C(C)C. The maximum Gasteiger partial charge on any atom is 0.331 e. The van der Waals surface area contributed by atoms with Crippen molar-refractivity contribution in [3.8, 4) is 0 Å². The van der Waals surface area contributed by atoms with Gasteiger partial charge in [0, 0.05) is 12.1 Å². The van der Waals surface area contributed by atoms with Gasteiger partial charge in [0.15, 0.2) is 0 Å². The number of ether oxygens (including phenoxy) is 1. The first-order valence-corrected chi connectivity index (χ1v) is 7.42. The van der Waals surface area contributed by atoms with Gasteiger partial charge in [0.25, 0.3) is 5.69 Å². The van der Waals surface area contributed by atoms with E-state index in [-0.39, 0.29) is 30.5 Å². The van der Waals surface area contributed by atoms with Crippen LogP contribution >= 0.6 is 0 Å². The highest BCUT2D eigenvalue weighted by Crippen LogP contribution is 2.19. The van der Waals surface area contributed by atoms with Crippen molar-refractivity contribution in [1.82, 2.24) is 5.32 Å². The van der Waals surface area contributed by atoms with Gasteiger partial charge in [0.1, 0.15) is 5.54 Å². The lowest BCUT2D eigenvalue weighted by Gasteiger charge is -2.32. The quantitative estimate of drug-likeness (QED) is 0.471. The highest BCUT2D eigenvalue weighted by molar-refractivity contribution is 5.88. The van der Waals surface area contributed by atoms with Crippen molar-refractivity contribution in [2.24, 2.45) is 5.92 Å². The molecule has 1 rings (SSSR count). The number of hydrogen-bond acceptors (Lipinski definition) is 5. The van der Waals surface area contributed by atoms with Gasteiger partial charge in [-0.15, -0.1) is 0 Å². The Labute approximate surface area is 135 Å². The molecule has 0 heterocycles. The molecule has 0 aliphatic carbocycles. The van der Waals surface area contributed by atoms with Gasteiger partial charge in [0.2, 0.25) is 5.91 Å². The number of benzene rings is 1. The second kappa shape index (κ2) is 7.71. The molecule has 0 aliphatic heterocycles. The highest BCUT2D eigenvalue weighted by Gasteiger charge is 2.39. The lowest BCUT2D eigenvalue weighted by atomic mass is 9.88. The molecule has 1 amide bonds. The largest absolute Gasteiger partial charge is 0.464 e. The number of nitrogens with one attached hydrogen (secondary N) is 1. The number of amides is 1. The summed E-state index contributed by atoms with van der Waals surface area (Å²) in [6.07, 6.45) is 0.0275. The minimum absolute atomic E-state index is 0.0275. The molecule has 0 aliphatic rings. The van der Waals surface area contributed by atoms with E-state index in [2.05, 4.69) is 5.32 Å². The van der Waals surface area contributed by atoms with Crippen molar-refractivity contribution in [2.45, 2.75) is 39.7 Å². The van der Waals surface area contributed by atoms with E-state index >= 15 is 0 Å². The summed E-state index contributed by atoms with van der Waals surface area (Å²) in [7, 11) is 0. The molecule has 0 bridgehead atoms. The van der Waals surface area contributed by atoms with E-state index in [1.807, 2.05) is 13.8 Å². The van der Waals surface area contributed by atoms with Crippen molar-refractivity contribution in [1.29, 1.82) is 0 Å². The van der Waals surface area contributed by atoms with Gasteiger partial charge >= 0.3 is 5.97 Å². The van der Waals surface area contributed by atoms with Crippen LogP contribution in [0.5, 0.6) is 0 Å². The van der Waals surface area contributed by atoms with Crippen molar-refractivity contribution < 1.29 is 19.2 Å². The van der Waals surface area contributed by atoms with Crippen molar-refractivity contribution >= 4 is 17.6 Å². The first-order valence-electron chi connectivity index (χ1n) is 7.42. The number of nitro benzene ring substituents is 1. The molecule has 1 unspecified atom stereocenters. The Kier molecular flexibility index (Phi) is 6.24. The molecule has 0 radical (unpaired) electrons. The fourth-order valence-electron chi connectivity index (χ4n) is 1.97. The Morgan fingerprint density at radius 3 is 2.30 bits per heavy atom. The van der Waals surface area contributed by atoms with Gasteiger partial charge in [-0.1, -0.05) is 26.0 Å². The maximum absolute atomic E-state index is 12.2.